The lowest BCUT2D eigenvalue weighted by atomic mass is 10.2. The molecule has 5 rings (SSSR count). The van der Waals surface area contributed by atoms with Crippen molar-refractivity contribution in [1.82, 2.24) is 28.9 Å². The third-order valence-corrected chi connectivity index (χ3v) is 5.91. The molecule has 1 aliphatic heterocycles. The van der Waals surface area contributed by atoms with E-state index in [1.807, 2.05) is 42.0 Å². The number of nitrogens with zero attached hydrogens (tertiary/aromatic N) is 7. The predicted molar refractivity (Wildman–Crippen MR) is 122 cm³/mol. The minimum atomic E-state index is -0.101. The van der Waals surface area contributed by atoms with E-state index in [0.29, 0.717) is 17.0 Å². The summed E-state index contributed by atoms with van der Waals surface area (Å²) in [5, 5.41) is 4.69. The molecule has 31 heavy (non-hydrogen) atoms. The molecule has 0 spiro atoms. The fraction of sp³-hybridized carbons (Fsp3) is 0.391. The number of hydrogen-bond donors (Lipinski definition) is 0. The molecule has 1 saturated heterocycles. The van der Waals surface area contributed by atoms with E-state index in [1.54, 1.807) is 10.5 Å². The van der Waals surface area contributed by atoms with Gasteiger partial charge in [-0.3, -0.25) is 14.2 Å². The highest BCUT2D eigenvalue weighted by Gasteiger charge is 2.16. The van der Waals surface area contributed by atoms with Crippen LogP contribution in [0.1, 0.15) is 24.7 Å². The van der Waals surface area contributed by atoms with Crippen LogP contribution in [0.2, 0.25) is 0 Å². The summed E-state index contributed by atoms with van der Waals surface area (Å²) in [6.07, 6.45) is 5.71. The highest BCUT2D eigenvalue weighted by Crippen LogP contribution is 2.22. The molecule has 0 unspecified atom stereocenters. The van der Waals surface area contributed by atoms with Crippen molar-refractivity contribution in [2.45, 2.75) is 26.7 Å². The smallest absolute Gasteiger partial charge is 0.258 e. The topological polar surface area (TPSA) is 71.0 Å². The van der Waals surface area contributed by atoms with Crippen LogP contribution in [0.5, 0.6) is 0 Å². The number of fused-ring (bicyclic) bond motifs is 2. The number of aryl methyl sites for hydroxylation is 2. The first-order valence-electron chi connectivity index (χ1n) is 10.8. The average Bonchev–Trinajstić information content (AvgIpc) is 3.18. The molecule has 0 atom stereocenters. The van der Waals surface area contributed by atoms with Gasteiger partial charge in [0.05, 0.1) is 34.5 Å². The van der Waals surface area contributed by atoms with E-state index < -0.39 is 0 Å². The van der Waals surface area contributed by atoms with Gasteiger partial charge in [-0.15, -0.1) is 0 Å². The maximum absolute atomic E-state index is 12.9. The molecular formula is C23H27N7O. The van der Waals surface area contributed by atoms with Crippen molar-refractivity contribution < 1.29 is 0 Å². The van der Waals surface area contributed by atoms with Gasteiger partial charge in [0.25, 0.3) is 5.56 Å². The van der Waals surface area contributed by atoms with Gasteiger partial charge in [-0.05, 0) is 38.6 Å². The highest BCUT2D eigenvalue weighted by atomic mass is 16.1. The van der Waals surface area contributed by atoms with Crippen LogP contribution in [0.15, 0.2) is 41.5 Å². The number of aromatic nitrogens is 5. The highest BCUT2D eigenvalue weighted by molar-refractivity contribution is 5.66. The summed E-state index contributed by atoms with van der Waals surface area (Å²) in [6, 6.07) is 7.52. The lowest BCUT2D eigenvalue weighted by Crippen LogP contribution is -2.44. The summed E-state index contributed by atoms with van der Waals surface area (Å²) >= 11 is 0. The maximum atomic E-state index is 12.9. The molecule has 0 amide bonds. The third-order valence-electron chi connectivity index (χ3n) is 5.91. The summed E-state index contributed by atoms with van der Waals surface area (Å²) in [4.78, 5) is 27.0. The SMILES string of the molecule is CCCc1nc(C)cn2nc(-c3cc(=O)n4cc(N5CCN(C)CC5)ccc4n3)cc12. The van der Waals surface area contributed by atoms with Crippen molar-refractivity contribution in [2.75, 3.05) is 38.1 Å². The van der Waals surface area contributed by atoms with Crippen molar-refractivity contribution in [3.8, 4) is 11.4 Å². The van der Waals surface area contributed by atoms with E-state index in [0.717, 1.165) is 61.6 Å². The molecule has 4 aromatic heterocycles. The average molecular weight is 418 g/mol. The minimum Gasteiger partial charge on any atom is -0.368 e. The zero-order valence-corrected chi connectivity index (χ0v) is 18.2. The number of anilines is 1. The Kier molecular flexibility index (Phi) is 4.94. The Bertz CT molecular complexity index is 1310. The second-order valence-electron chi connectivity index (χ2n) is 8.32. The van der Waals surface area contributed by atoms with Crippen molar-refractivity contribution in [3.63, 3.8) is 0 Å². The Morgan fingerprint density at radius 3 is 2.58 bits per heavy atom. The molecule has 8 heteroatoms. The second-order valence-corrected chi connectivity index (χ2v) is 8.32. The molecule has 0 saturated carbocycles. The zero-order valence-electron chi connectivity index (χ0n) is 18.2. The van der Waals surface area contributed by atoms with Crippen LogP contribution in [-0.4, -0.2) is 62.1 Å². The number of piperazine rings is 1. The van der Waals surface area contributed by atoms with Crippen molar-refractivity contribution in [3.05, 3.63) is 58.4 Å². The first kappa shape index (κ1) is 19.7. The van der Waals surface area contributed by atoms with Gasteiger partial charge in [0.1, 0.15) is 11.3 Å². The molecule has 0 radical (unpaired) electrons. The van der Waals surface area contributed by atoms with Crippen LogP contribution < -0.4 is 10.5 Å². The molecular weight excluding hydrogens is 390 g/mol. The van der Waals surface area contributed by atoms with Gasteiger partial charge in [0.2, 0.25) is 0 Å². The van der Waals surface area contributed by atoms with Gasteiger partial charge < -0.3 is 9.80 Å². The Morgan fingerprint density at radius 1 is 1.00 bits per heavy atom. The lowest BCUT2D eigenvalue weighted by molar-refractivity contribution is 0.313. The minimum absolute atomic E-state index is 0.101. The Labute approximate surface area is 180 Å². The lowest BCUT2D eigenvalue weighted by Gasteiger charge is -2.34. The molecule has 0 aliphatic carbocycles. The van der Waals surface area contributed by atoms with Crippen LogP contribution in [-0.2, 0) is 6.42 Å². The Hall–Kier alpha value is -3.26. The number of pyridine rings is 1. The van der Waals surface area contributed by atoms with Gasteiger partial charge in [-0.2, -0.15) is 5.10 Å². The summed E-state index contributed by atoms with van der Waals surface area (Å²) in [7, 11) is 2.13. The first-order valence-corrected chi connectivity index (χ1v) is 10.8. The summed E-state index contributed by atoms with van der Waals surface area (Å²) in [5.74, 6) is 0. The summed E-state index contributed by atoms with van der Waals surface area (Å²) < 4.78 is 3.48. The third kappa shape index (κ3) is 3.67. The first-order chi connectivity index (χ1) is 15.0. The van der Waals surface area contributed by atoms with Crippen LogP contribution in [0.4, 0.5) is 5.69 Å². The molecule has 5 heterocycles. The molecule has 0 N–H and O–H groups in total. The quantitative estimate of drug-likeness (QED) is 0.508. The standard InChI is InChI=1S/C23H27N7O/c1-4-5-18-21-12-20(26-30(21)14-16(2)24-18)19-13-23(31)29-15-17(6-7-22(29)25-19)28-10-8-27(3)9-11-28/h6-7,12-15H,4-5,8-11H2,1-3H3. The van der Waals surface area contributed by atoms with Gasteiger partial charge >= 0.3 is 0 Å². The molecule has 4 aromatic rings. The molecule has 8 nitrogen and oxygen atoms in total. The van der Waals surface area contributed by atoms with Crippen LogP contribution in [0.3, 0.4) is 0 Å². The largest absolute Gasteiger partial charge is 0.368 e. The molecule has 160 valence electrons. The van der Waals surface area contributed by atoms with E-state index in [9.17, 15) is 4.79 Å². The van der Waals surface area contributed by atoms with E-state index in [-0.39, 0.29) is 5.56 Å². The zero-order chi connectivity index (χ0) is 21.5. The van der Waals surface area contributed by atoms with Gasteiger partial charge in [0.15, 0.2) is 0 Å². The van der Waals surface area contributed by atoms with Crippen molar-refractivity contribution in [1.29, 1.82) is 0 Å². The number of likely N-dealkylation sites (N-methyl/N-ethyl adjacent to an activating group) is 1. The molecule has 1 fully saturated rings. The van der Waals surface area contributed by atoms with E-state index in [1.165, 1.54) is 0 Å². The van der Waals surface area contributed by atoms with Crippen molar-refractivity contribution in [2.24, 2.45) is 0 Å². The predicted octanol–water partition coefficient (Wildman–Crippen LogP) is 2.42. The second kappa shape index (κ2) is 7.77. The maximum Gasteiger partial charge on any atom is 0.258 e. The molecule has 0 aromatic carbocycles. The Morgan fingerprint density at radius 2 is 1.81 bits per heavy atom. The fourth-order valence-corrected chi connectivity index (χ4v) is 4.20. The Balaban J connectivity index is 1.55. The van der Waals surface area contributed by atoms with Crippen molar-refractivity contribution >= 4 is 16.9 Å². The van der Waals surface area contributed by atoms with E-state index in [4.69, 9.17) is 4.98 Å². The molecule has 0 bridgehead atoms. The normalized spacial score (nSPS) is 15.3. The monoisotopic (exact) mass is 417 g/mol. The summed E-state index contributed by atoms with van der Waals surface area (Å²) in [6.45, 7) is 8.06. The number of hydrogen-bond acceptors (Lipinski definition) is 6. The fourth-order valence-electron chi connectivity index (χ4n) is 4.20. The van der Waals surface area contributed by atoms with Crippen LogP contribution >= 0.6 is 0 Å². The summed E-state index contributed by atoms with van der Waals surface area (Å²) in [5.41, 5.74) is 5.76. The molecule has 1 aliphatic rings. The number of rotatable bonds is 4. The van der Waals surface area contributed by atoms with Crippen LogP contribution in [0, 0.1) is 6.92 Å². The van der Waals surface area contributed by atoms with E-state index in [2.05, 4.69) is 33.9 Å². The van der Waals surface area contributed by atoms with E-state index >= 15 is 0 Å². The van der Waals surface area contributed by atoms with Gasteiger partial charge in [0, 0.05) is 38.4 Å². The van der Waals surface area contributed by atoms with Gasteiger partial charge in [-0.1, -0.05) is 13.3 Å². The van der Waals surface area contributed by atoms with Gasteiger partial charge in [-0.25, -0.2) is 9.50 Å². The van der Waals surface area contributed by atoms with Crippen LogP contribution in [0.25, 0.3) is 22.6 Å².